The number of hydrogen-bond donors (Lipinski definition) is 2. The van der Waals surface area contributed by atoms with Crippen LogP contribution in [0.1, 0.15) is 30.1 Å². The summed E-state index contributed by atoms with van der Waals surface area (Å²) in [5, 5.41) is 5.57. The van der Waals surface area contributed by atoms with Crippen molar-refractivity contribution in [2.45, 2.75) is 31.9 Å². The van der Waals surface area contributed by atoms with Crippen LogP contribution in [-0.4, -0.2) is 36.5 Å². The zero-order valence-electron chi connectivity index (χ0n) is 15.5. The van der Waals surface area contributed by atoms with Crippen molar-refractivity contribution < 1.29 is 19.1 Å². The maximum Gasteiger partial charge on any atom is 0.338 e. The molecule has 0 spiro atoms. The van der Waals surface area contributed by atoms with Crippen LogP contribution in [0.4, 0.5) is 17.1 Å². The summed E-state index contributed by atoms with van der Waals surface area (Å²) in [6.45, 7) is 2.34. The smallest absolute Gasteiger partial charge is 0.338 e. The summed E-state index contributed by atoms with van der Waals surface area (Å²) >= 11 is 0. The minimum absolute atomic E-state index is 0.0499. The summed E-state index contributed by atoms with van der Waals surface area (Å²) in [5.41, 5.74) is 2.43. The molecule has 1 saturated heterocycles. The van der Waals surface area contributed by atoms with E-state index in [9.17, 15) is 14.4 Å². The summed E-state index contributed by atoms with van der Waals surface area (Å²) in [6.07, 6.45) is 0.847. The van der Waals surface area contributed by atoms with Gasteiger partial charge in [0, 0.05) is 12.2 Å². The number of carbonyl (C=O) groups excluding carboxylic acids is 3. The van der Waals surface area contributed by atoms with Gasteiger partial charge in [-0.1, -0.05) is 18.2 Å². The number of para-hydroxylation sites is 1. The maximum atomic E-state index is 12.5. The van der Waals surface area contributed by atoms with Gasteiger partial charge >= 0.3 is 5.97 Å². The van der Waals surface area contributed by atoms with Gasteiger partial charge < -0.3 is 20.3 Å². The number of nitrogens with one attached hydrogen (secondary N) is 2. The monoisotopic (exact) mass is 379 g/mol. The van der Waals surface area contributed by atoms with E-state index in [4.69, 9.17) is 4.74 Å². The molecule has 0 unspecified atom stereocenters. The first-order valence-corrected chi connectivity index (χ1v) is 9.31. The first kappa shape index (κ1) is 18.0. The highest BCUT2D eigenvalue weighted by molar-refractivity contribution is 6.05. The fraction of sp³-hybridized carbons (Fsp3) is 0.286. The third kappa shape index (κ3) is 3.43. The summed E-state index contributed by atoms with van der Waals surface area (Å²) in [7, 11) is 0. The molecular formula is C21H21N3O4. The highest BCUT2D eigenvalue weighted by Crippen LogP contribution is 2.37. The molecule has 2 heterocycles. The molecule has 144 valence electrons. The molecule has 0 saturated carbocycles. The lowest BCUT2D eigenvalue weighted by molar-refractivity contribution is -0.123. The molecule has 0 aliphatic carbocycles. The minimum Gasteiger partial charge on any atom is -0.449 e. The van der Waals surface area contributed by atoms with Crippen LogP contribution in [0.3, 0.4) is 0 Å². The van der Waals surface area contributed by atoms with E-state index in [1.54, 1.807) is 36.4 Å². The molecule has 2 aliphatic heterocycles. The van der Waals surface area contributed by atoms with Gasteiger partial charge in [0.05, 0.1) is 16.9 Å². The topological polar surface area (TPSA) is 87.7 Å². The Labute approximate surface area is 162 Å². The third-order valence-corrected chi connectivity index (χ3v) is 5.05. The number of fused-ring (bicyclic) bond motifs is 3. The van der Waals surface area contributed by atoms with Crippen molar-refractivity contribution in [1.82, 2.24) is 0 Å². The van der Waals surface area contributed by atoms with E-state index >= 15 is 0 Å². The van der Waals surface area contributed by atoms with Crippen LogP contribution in [0.25, 0.3) is 0 Å². The lowest BCUT2D eigenvalue weighted by atomic mass is 10.1. The predicted molar refractivity (Wildman–Crippen MR) is 105 cm³/mol. The van der Waals surface area contributed by atoms with Crippen LogP contribution >= 0.6 is 0 Å². The molecule has 28 heavy (non-hydrogen) atoms. The van der Waals surface area contributed by atoms with Gasteiger partial charge in [-0.05, 0) is 50.1 Å². The fourth-order valence-electron chi connectivity index (χ4n) is 3.60. The van der Waals surface area contributed by atoms with Crippen molar-refractivity contribution in [3.63, 3.8) is 0 Å². The van der Waals surface area contributed by atoms with Gasteiger partial charge in [-0.2, -0.15) is 0 Å². The second-order valence-corrected chi connectivity index (χ2v) is 6.98. The maximum absolute atomic E-state index is 12.5. The van der Waals surface area contributed by atoms with Crippen LogP contribution in [0, 0.1) is 0 Å². The van der Waals surface area contributed by atoms with E-state index < -0.39 is 18.0 Å². The molecule has 2 aromatic carbocycles. The zero-order valence-corrected chi connectivity index (χ0v) is 15.5. The molecule has 7 heteroatoms. The second kappa shape index (κ2) is 7.34. The van der Waals surface area contributed by atoms with Gasteiger partial charge in [-0.3, -0.25) is 9.59 Å². The van der Waals surface area contributed by atoms with Crippen LogP contribution in [0.5, 0.6) is 0 Å². The molecule has 0 radical (unpaired) electrons. The number of nitrogens with zero attached hydrogens (tertiary/aromatic N) is 1. The number of esters is 1. The van der Waals surface area contributed by atoms with Crippen molar-refractivity contribution in [2.24, 2.45) is 0 Å². The number of rotatable bonds is 4. The Morgan fingerprint density at radius 3 is 2.79 bits per heavy atom. The van der Waals surface area contributed by atoms with Crippen LogP contribution in [0.2, 0.25) is 0 Å². The number of ether oxygens (including phenoxy) is 1. The third-order valence-electron chi connectivity index (χ3n) is 5.05. The highest BCUT2D eigenvalue weighted by atomic mass is 16.5. The number of benzene rings is 2. The lowest BCUT2D eigenvalue weighted by Crippen LogP contribution is -2.43. The fourth-order valence-corrected chi connectivity index (χ4v) is 3.60. The zero-order chi connectivity index (χ0) is 19.7. The summed E-state index contributed by atoms with van der Waals surface area (Å²) in [6, 6.07) is 13.9. The van der Waals surface area contributed by atoms with E-state index in [-0.39, 0.29) is 17.5 Å². The summed E-state index contributed by atoms with van der Waals surface area (Å²) in [5.74, 6) is -1.08. The van der Waals surface area contributed by atoms with Crippen LogP contribution < -0.4 is 15.5 Å². The Morgan fingerprint density at radius 1 is 1.21 bits per heavy atom. The molecule has 1 fully saturated rings. The number of amides is 2. The molecule has 2 aromatic rings. The molecular weight excluding hydrogens is 358 g/mol. The van der Waals surface area contributed by atoms with Crippen molar-refractivity contribution in [1.29, 1.82) is 0 Å². The van der Waals surface area contributed by atoms with Gasteiger partial charge in [0.1, 0.15) is 6.04 Å². The average molecular weight is 379 g/mol. The molecule has 0 bridgehead atoms. The van der Waals surface area contributed by atoms with Crippen molar-refractivity contribution in [2.75, 3.05) is 22.1 Å². The Balaban J connectivity index is 1.44. The van der Waals surface area contributed by atoms with Crippen molar-refractivity contribution >= 4 is 34.8 Å². The first-order valence-electron chi connectivity index (χ1n) is 9.31. The molecule has 7 nitrogen and oxygen atoms in total. The van der Waals surface area contributed by atoms with E-state index in [1.807, 2.05) is 12.1 Å². The quantitative estimate of drug-likeness (QED) is 0.798. The summed E-state index contributed by atoms with van der Waals surface area (Å²) in [4.78, 5) is 39.0. The van der Waals surface area contributed by atoms with E-state index in [0.29, 0.717) is 11.4 Å². The lowest BCUT2D eigenvalue weighted by Gasteiger charge is -2.33. The molecule has 2 atom stereocenters. The Bertz CT molecular complexity index is 929. The first-order chi connectivity index (χ1) is 13.5. The SMILES string of the molecule is C[C@H](OC(=O)c1ccc2c(c1)NC(=O)[C@@H]1CCCN21)C(=O)Nc1ccccc1. The predicted octanol–water partition coefficient (Wildman–Crippen LogP) is 2.79. The van der Waals surface area contributed by atoms with Gasteiger partial charge in [-0.25, -0.2) is 4.79 Å². The number of anilines is 3. The van der Waals surface area contributed by atoms with Gasteiger partial charge in [0.25, 0.3) is 5.91 Å². The molecule has 2 amide bonds. The molecule has 2 N–H and O–H groups in total. The number of carbonyl (C=O) groups is 3. The normalized spacial score (nSPS) is 18.5. The minimum atomic E-state index is -0.957. The van der Waals surface area contributed by atoms with Crippen LogP contribution in [0.15, 0.2) is 48.5 Å². The van der Waals surface area contributed by atoms with Crippen LogP contribution in [-0.2, 0) is 14.3 Å². The molecule has 4 rings (SSSR count). The van der Waals surface area contributed by atoms with E-state index in [0.717, 1.165) is 25.1 Å². The Morgan fingerprint density at radius 2 is 2.00 bits per heavy atom. The standard InChI is InChI=1S/C21H21N3O4/c1-13(19(25)22-15-6-3-2-4-7-15)28-21(27)14-9-10-17-16(12-14)23-20(26)18-8-5-11-24(17)18/h2-4,6-7,9-10,12-13,18H,5,8,11H2,1H3,(H,22,25)(H,23,26)/t13-,18-/m0/s1. The Kier molecular flexibility index (Phi) is 4.73. The number of hydrogen-bond acceptors (Lipinski definition) is 5. The molecule has 2 aliphatic rings. The molecule has 0 aromatic heterocycles. The highest BCUT2D eigenvalue weighted by Gasteiger charge is 2.36. The average Bonchev–Trinajstić information content (AvgIpc) is 3.19. The van der Waals surface area contributed by atoms with Gasteiger partial charge in [0.2, 0.25) is 5.91 Å². The van der Waals surface area contributed by atoms with Crippen molar-refractivity contribution in [3.05, 3.63) is 54.1 Å². The van der Waals surface area contributed by atoms with Gasteiger partial charge in [0.15, 0.2) is 6.10 Å². The summed E-state index contributed by atoms with van der Waals surface area (Å²) < 4.78 is 5.30. The Hall–Kier alpha value is -3.35. The largest absolute Gasteiger partial charge is 0.449 e. The second-order valence-electron chi connectivity index (χ2n) is 6.98. The van der Waals surface area contributed by atoms with Gasteiger partial charge in [-0.15, -0.1) is 0 Å². The van der Waals surface area contributed by atoms with Crippen molar-refractivity contribution in [3.8, 4) is 0 Å². The van der Waals surface area contributed by atoms with E-state index in [2.05, 4.69) is 15.5 Å². The van der Waals surface area contributed by atoms with E-state index in [1.165, 1.54) is 6.92 Å².